The van der Waals surface area contributed by atoms with Crippen molar-refractivity contribution in [3.8, 4) is 34.2 Å². The number of para-hydroxylation sites is 2. The van der Waals surface area contributed by atoms with Gasteiger partial charge in [-0.1, -0.05) is 84.9 Å². The number of rotatable bonds is 3. The molecule has 5 aromatic carbocycles. The first-order valence-electron chi connectivity index (χ1n) is 13.7. The summed E-state index contributed by atoms with van der Waals surface area (Å²) in [5.74, 6) is 1.72. The highest BCUT2D eigenvalue weighted by atomic mass is 16.3. The van der Waals surface area contributed by atoms with E-state index in [9.17, 15) is 0 Å². The third-order valence-electron chi connectivity index (χ3n) is 7.74. The molecule has 9 rings (SSSR count). The molecular weight excluding hydrogens is 520 g/mol. The zero-order valence-electron chi connectivity index (χ0n) is 22.2. The lowest BCUT2D eigenvalue weighted by Gasteiger charge is -2.09. The van der Waals surface area contributed by atoms with E-state index in [4.69, 9.17) is 28.8 Å². The number of hydrogen-bond donors (Lipinski definition) is 0. The molecule has 0 saturated heterocycles. The Bertz CT molecular complexity index is 2480. The van der Waals surface area contributed by atoms with Gasteiger partial charge >= 0.3 is 0 Å². The normalized spacial score (nSPS) is 11.8. The van der Waals surface area contributed by atoms with E-state index in [1.165, 1.54) is 0 Å². The van der Waals surface area contributed by atoms with Crippen molar-refractivity contribution in [3.05, 3.63) is 121 Å². The molecule has 0 N–H and O–H groups in total. The summed E-state index contributed by atoms with van der Waals surface area (Å²) in [7, 11) is 0. The second-order valence-electron chi connectivity index (χ2n) is 10.3. The Morgan fingerprint density at radius 1 is 0.429 bits per heavy atom. The van der Waals surface area contributed by atoms with Crippen LogP contribution in [0.1, 0.15) is 0 Å². The molecular formula is C36H20N4O2. The second-order valence-corrected chi connectivity index (χ2v) is 10.3. The van der Waals surface area contributed by atoms with E-state index in [2.05, 4.69) is 24.3 Å². The average molecular weight is 541 g/mol. The van der Waals surface area contributed by atoms with Crippen LogP contribution in [0, 0.1) is 0 Å². The van der Waals surface area contributed by atoms with Gasteiger partial charge in [0.2, 0.25) is 5.71 Å². The van der Waals surface area contributed by atoms with Gasteiger partial charge in [-0.15, -0.1) is 0 Å². The van der Waals surface area contributed by atoms with E-state index in [0.717, 1.165) is 65.9 Å². The molecule has 0 bridgehead atoms. The Morgan fingerprint density at radius 2 is 1.17 bits per heavy atom. The highest BCUT2D eigenvalue weighted by Crippen LogP contribution is 2.38. The van der Waals surface area contributed by atoms with Gasteiger partial charge in [0.15, 0.2) is 17.5 Å². The molecule has 4 aromatic heterocycles. The maximum absolute atomic E-state index is 6.23. The van der Waals surface area contributed by atoms with E-state index in [1.54, 1.807) is 0 Å². The Kier molecular flexibility index (Phi) is 4.80. The smallest absolute Gasteiger partial charge is 0.227 e. The van der Waals surface area contributed by atoms with E-state index in [0.29, 0.717) is 23.2 Å². The minimum Gasteiger partial charge on any atom is -0.456 e. The van der Waals surface area contributed by atoms with Crippen molar-refractivity contribution in [1.29, 1.82) is 0 Å². The average Bonchev–Trinajstić information content (AvgIpc) is 3.61. The molecule has 0 fully saturated rings. The van der Waals surface area contributed by atoms with Gasteiger partial charge in [0.1, 0.15) is 16.7 Å². The molecule has 0 spiro atoms. The summed E-state index contributed by atoms with van der Waals surface area (Å²) in [5, 5.41) is 5.03. The maximum atomic E-state index is 6.23. The Balaban J connectivity index is 1.30. The van der Waals surface area contributed by atoms with Gasteiger partial charge < -0.3 is 8.83 Å². The lowest BCUT2D eigenvalue weighted by Crippen LogP contribution is -2.00. The van der Waals surface area contributed by atoms with Crippen LogP contribution in [0.3, 0.4) is 0 Å². The molecule has 0 aliphatic carbocycles. The molecule has 4 heterocycles. The van der Waals surface area contributed by atoms with Crippen LogP contribution in [-0.4, -0.2) is 19.9 Å². The highest BCUT2D eigenvalue weighted by molar-refractivity contribution is 6.13. The zero-order chi connectivity index (χ0) is 27.6. The topological polar surface area (TPSA) is 77.8 Å². The number of furan rings is 2. The van der Waals surface area contributed by atoms with Crippen LogP contribution in [0.5, 0.6) is 0 Å². The van der Waals surface area contributed by atoms with E-state index < -0.39 is 0 Å². The molecule has 0 aliphatic rings. The van der Waals surface area contributed by atoms with Gasteiger partial charge in [0.25, 0.3) is 0 Å². The summed E-state index contributed by atoms with van der Waals surface area (Å²) >= 11 is 0. The predicted molar refractivity (Wildman–Crippen MR) is 166 cm³/mol. The van der Waals surface area contributed by atoms with Crippen LogP contribution in [-0.2, 0) is 0 Å². The van der Waals surface area contributed by atoms with Crippen molar-refractivity contribution in [2.24, 2.45) is 0 Å². The van der Waals surface area contributed by atoms with Gasteiger partial charge in [0.05, 0.1) is 5.52 Å². The molecule has 6 nitrogen and oxygen atoms in total. The quantitative estimate of drug-likeness (QED) is 0.222. The van der Waals surface area contributed by atoms with E-state index >= 15 is 0 Å². The van der Waals surface area contributed by atoms with Gasteiger partial charge in [0, 0.05) is 43.6 Å². The number of fused-ring (bicyclic) bond motifs is 7. The first kappa shape index (κ1) is 22.9. The van der Waals surface area contributed by atoms with Gasteiger partial charge in [-0.2, -0.15) is 0 Å². The van der Waals surface area contributed by atoms with Gasteiger partial charge in [-0.05, 0) is 36.4 Å². The first-order valence-corrected chi connectivity index (χ1v) is 13.7. The third kappa shape index (κ3) is 3.52. The minimum atomic E-state index is 0.560. The maximum Gasteiger partial charge on any atom is 0.227 e. The van der Waals surface area contributed by atoms with Crippen LogP contribution in [0.2, 0.25) is 0 Å². The van der Waals surface area contributed by atoms with Crippen LogP contribution >= 0.6 is 0 Å². The summed E-state index contributed by atoms with van der Waals surface area (Å²) < 4.78 is 12.4. The monoisotopic (exact) mass is 540 g/mol. The lowest BCUT2D eigenvalue weighted by atomic mass is 10.0. The van der Waals surface area contributed by atoms with Gasteiger partial charge in [-0.3, -0.25) is 0 Å². The lowest BCUT2D eigenvalue weighted by molar-refractivity contribution is 0.656. The molecule has 0 radical (unpaired) electrons. The number of pyridine rings is 1. The molecule has 9 aromatic rings. The zero-order valence-corrected chi connectivity index (χ0v) is 22.2. The third-order valence-corrected chi connectivity index (χ3v) is 7.74. The number of benzene rings is 5. The summed E-state index contributed by atoms with van der Waals surface area (Å²) in [6, 6.07) is 40.3. The Morgan fingerprint density at radius 3 is 2.10 bits per heavy atom. The van der Waals surface area contributed by atoms with Crippen LogP contribution in [0.15, 0.2) is 130 Å². The second kappa shape index (κ2) is 8.81. The molecule has 42 heavy (non-hydrogen) atoms. The summed E-state index contributed by atoms with van der Waals surface area (Å²) in [6.07, 6.45) is 0. The molecule has 0 atom stereocenters. The van der Waals surface area contributed by atoms with Crippen molar-refractivity contribution in [2.45, 2.75) is 0 Å². The summed E-state index contributed by atoms with van der Waals surface area (Å²) in [5.41, 5.74) is 6.46. The fourth-order valence-corrected chi connectivity index (χ4v) is 5.75. The summed E-state index contributed by atoms with van der Waals surface area (Å²) in [6.45, 7) is 0. The van der Waals surface area contributed by atoms with Crippen molar-refractivity contribution >= 4 is 54.9 Å². The predicted octanol–water partition coefficient (Wildman–Crippen LogP) is 9.22. The molecule has 0 aliphatic heterocycles. The molecule has 0 amide bonds. The molecule has 6 heteroatoms. The first-order chi connectivity index (χ1) is 20.8. The number of hydrogen-bond acceptors (Lipinski definition) is 6. The van der Waals surface area contributed by atoms with E-state index in [1.807, 2.05) is 97.1 Å². The largest absolute Gasteiger partial charge is 0.456 e. The van der Waals surface area contributed by atoms with Crippen LogP contribution in [0.25, 0.3) is 89.1 Å². The van der Waals surface area contributed by atoms with Crippen molar-refractivity contribution < 1.29 is 8.83 Å². The number of aromatic nitrogens is 4. The molecule has 0 unspecified atom stereocenters. The number of nitrogens with zero attached hydrogens (tertiary/aromatic N) is 4. The van der Waals surface area contributed by atoms with Gasteiger partial charge in [-0.25, -0.2) is 19.9 Å². The molecule has 196 valence electrons. The Labute approximate surface area is 238 Å². The van der Waals surface area contributed by atoms with Crippen molar-refractivity contribution in [3.63, 3.8) is 0 Å². The summed E-state index contributed by atoms with van der Waals surface area (Å²) in [4.78, 5) is 19.7. The van der Waals surface area contributed by atoms with Crippen molar-refractivity contribution in [1.82, 2.24) is 19.9 Å². The fourth-order valence-electron chi connectivity index (χ4n) is 5.75. The van der Waals surface area contributed by atoms with Crippen molar-refractivity contribution in [2.75, 3.05) is 0 Å². The van der Waals surface area contributed by atoms with E-state index in [-0.39, 0.29) is 0 Å². The molecule has 0 saturated carbocycles. The van der Waals surface area contributed by atoms with Crippen LogP contribution < -0.4 is 0 Å². The fraction of sp³-hybridized carbons (Fsp3) is 0. The highest BCUT2D eigenvalue weighted by Gasteiger charge is 2.19. The minimum absolute atomic E-state index is 0.560. The standard InChI is InChI=1S/C36H20N4O2/c1-2-9-21(10-3-1)33-38-34(23-17-18-25-24-12-5-7-15-29(24)41-31(25)20-23)40-35(39-33)26-13-8-16-30-32(26)27-19-22-11-4-6-14-28(22)37-36(27)42-30/h1-20H. The van der Waals surface area contributed by atoms with Crippen LogP contribution in [0.4, 0.5) is 0 Å². The Hall–Kier alpha value is -5.88. The SMILES string of the molecule is c1ccc(-c2nc(-c3ccc4c(c3)oc3ccccc34)nc(-c3cccc4oc5nc6ccccc6cc5c34)n2)cc1.